The topological polar surface area (TPSA) is 24.1 Å². The summed E-state index contributed by atoms with van der Waals surface area (Å²) in [6.45, 7) is 0. The molecule has 0 heterocycles. The molecule has 0 unspecified atom stereocenters. The standard InChI is InChI=1S/C17H24N2S/c20-17(18-15-8-3-1-2-4-9-15)19-16-11-10-13-6-5-7-14(13)12-16/h10-12,15H,1-9H2,(H2,18,19,20). The van der Waals surface area contributed by atoms with Gasteiger partial charge in [0, 0.05) is 11.7 Å². The zero-order valence-corrected chi connectivity index (χ0v) is 12.9. The van der Waals surface area contributed by atoms with E-state index in [0.29, 0.717) is 6.04 Å². The average Bonchev–Trinajstić information content (AvgIpc) is 2.75. The number of anilines is 1. The average molecular weight is 288 g/mol. The number of rotatable bonds is 2. The SMILES string of the molecule is S=C(Nc1ccc2c(c1)CCC2)NC1CCCCCC1. The van der Waals surface area contributed by atoms with E-state index in [0.717, 1.165) is 10.8 Å². The molecule has 1 aromatic carbocycles. The van der Waals surface area contributed by atoms with Gasteiger partial charge in [-0.2, -0.15) is 0 Å². The largest absolute Gasteiger partial charge is 0.360 e. The van der Waals surface area contributed by atoms with Crippen molar-refractivity contribution in [2.24, 2.45) is 0 Å². The summed E-state index contributed by atoms with van der Waals surface area (Å²) in [5.41, 5.74) is 4.14. The zero-order chi connectivity index (χ0) is 13.8. The fourth-order valence-electron chi connectivity index (χ4n) is 3.43. The Balaban J connectivity index is 1.55. The van der Waals surface area contributed by atoms with Crippen molar-refractivity contribution in [2.45, 2.75) is 63.8 Å². The fourth-order valence-corrected chi connectivity index (χ4v) is 3.71. The smallest absolute Gasteiger partial charge is 0.170 e. The van der Waals surface area contributed by atoms with Crippen LogP contribution < -0.4 is 10.6 Å². The number of thiocarbonyl (C=S) groups is 1. The summed E-state index contributed by atoms with van der Waals surface area (Å²) < 4.78 is 0. The van der Waals surface area contributed by atoms with Gasteiger partial charge in [-0.15, -0.1) is 0 Å². The highest BCUT2D eigenvalue weighted by molar-refractivity contribution is 7.80. The summed E-state index contributed by atoms with van der Waals surface area (Å²) in [6.07, 6.45) is 11.7. The van der Waals surface area contributed by atoms with E-state index in [1.54, 1.807) is 0 Å². The molecular formula is C17H24N2S. The van der Waals surface area contributed by atoms with Gasteiger partial charge in [-0.25, -0.2) is 0 Å². The molecule has 20 heavy (non-hydrogen) atoms. The van der Waals surface area contributed by atoms with Crippen LogP contribution in [0.2, 0.25) is 0 Å². The molecule has 1 fully saturated rings. The van der Waals surface area contributed by atoms with E-state index in [1.807, 2.05) is 0 Å². The van der Waals surface area contributed by atoms with Crippen molar-refractivity contribution in [3.8, 4) is 0 Å². The third-order valence-electron chi connectivity index (χ3n) is 4.55. The maximum absolute atomic E-state index is 5.47. The van der Waals surface area contributed by atoms with Crippen LogP contribution in [-0.4, -0.2) is 11.2 Å². The zero-order valence-electron chi connectivity index (χ0n) is 12.1. The van der Waals surface area contributed by atoms with Crippen LogP contribution in [0.15, 0.2) is 18.2 Å². The van der Waals surface area contributed by atoms with Gasteiger partial charge in [0.2, 0.25) is 0 Å². The van der Waals surface area contributed by atoms with Gasteiger partial charge in [0.15, 0.2) is 5.11 Å². The molecule has 2 aliphatic carbocycles. The first-order valence-corrected chi connectivity index (χ1v) is 8.41. The lowest BCUT2D eigenvalue weighted by atomic mass is 10.1. The molecule has 0 atom stereocenters. The third kappa shape index (κ3) is 3.51. The number of fused-ring (bicyclic) bond motifs is 1. The summed E-state index contributed by atoms with van der Waals surface area (Å²) in [7, 11) is 0. The second kappa shape index (κ2) is 6.57. The van der Waals surface area contributed by atoms with E-state index < -0.39 is 0 Å². The number of nitrogens with one attached hydrogen (secondary N) is 2. The van der Waals surface area contributed by atoms with Crippen LogP contribution in [0.5, 0.6) is 0 Å². The van der Waals surface area contributed by atoms with Crippen molar-refractivity contribution in [3.63, 3.8) is 0 Å². The van der Waals surface area contributed by atoms with E-state index in [1.165, 1.54) is 68.9 Å². The number of hydrogen-bond acceptors (Lipinski definition) is 1. The first-order chi connectivity index (χ1) is 9.81. The molecule has 3 heteroatoms. The Hall–Kier alpha value is -1.09. The van der Waals surface area contributed by atoms with Gasteiger partial charge >= 0.3 is 0 Å². The second-order valence-electron chi connectivity index (χ2n) is 6.12. The van der Waals surface area contributed by atoms with E-state index >= 15 is 0 Å². The van der Waals surface area contributed by atoms with Crippen LogP contribution in [0.3, 0.4) is 0 Å². The molecule has 0 aliphatic heterocycles. The van der Waals surface area contributed by atoms with Crippen molar-refractivity contribution in [1.82, 2.24) is 5.32 Å². The first-order valence-electron chi connectivity index (χ1n) is 8.00. The highest BCUT2D eigenvalue weighted by atomic mass is 32.1. The molecular weight excluding hydrogens is 264 g/mol. The molecule has 0 amide bonds. The minimum absolute atomic E-state index is 0.562. The minimum Gasteiger partial charge on any atom is -0.360 e. The molecule has 0 spiro atoms. The fraction of sp³-hybridized carbons (Fsp3) is 0.588. The Labute approximate surface area is 127 Å². The van der Waals surface area contributed by atoms with Gasteiger partial charge in [0.05, 0.1) is 0 Å². The van der Waals surface area contributed by atoms with Gasteiger partial charge in [0.25, 0.3) is 0 Å². The predicted octanol–water partition coefficient (Wildman–Crippen LogP) is 4.18. The van der Waals surface area contributed by atoms with Crippen molar-refractivity contribution in [3.05, 3.63) is 29.3 Å². The molecule has 1 aromatic rings. The van der Waals surface area contributed by atoms with Crippen molar-refractivity contribution in [1.29, 1.82) is 0 Å². The van der Waals surface area contributed by atoms with Crippen LogP contribution >= 0.6 is 12.2 Å². The molecule has 2 N–H and O–H groups in total. The summed E-state index contributed by atoms with van der Waals surface area (Å²) in [5.74, 6) is 0. The molecule has 108 valence electrons. The minimum atomic E-state index is 0.562. The Morgan fingerprint density at radius 2 is 1.70 bits per heavy atom. The highest BCUT2D eigenvalue weighted by Crippen LogP contribution is 2.25. The summed E-state index contributed by atoms with van der Waals surface area (Å²) in [4.78, 5) is 0. The predicted molar refractivity (Wildman–Crippen MR) is 89.3 cm³/mol. The quantitative estimate of drug-likeness (QED) is 0.630. The molecule has 3 rings (SSSR count). The van der Waals surface area contributed by atoms with Crippen LogP contribution in [0, 0.1) is 0 Å². The first kappa shape index (κ1) is 13.9. The van der Waals surface area contributed by atoms with Gasteiger partial charge in [-0.1, -0.05) is 31.7 Å². The van der Waals surface area contributed by atoms with Gasteiger partial charge in [-0.05, 0) is 67.6 Å². The van der Waals surface area contributed by atoms with Crippen molar-refractivity contribution in [2.75, 3.05) is 5.32 Å². The Bertz CT molecular complexity index is 476. The Kier molecular flexibility index (Phi) is 4.56. The number of hydrogen-bond donors (Lipinski definition) is 2. The number of benzene rings is 1. The number of aryl methyl sites for hydroxylation is 2. The van der Waals surface area contributed by atoms with Crippen molar-refractivity contribution < 1.29 is 0 Å². The summed E-state index contributed by atoms with van der Waals surface area (Å²) in [6, 6.07) is 7.24. The molecule has 0 aromatic heterocycles. The van der Waals surface area contributed by atoms with E-state index in [9.17, 15) is 0 Å². The lowest BCUT2D eigenvalue weighted by Gasteiger charge is -2.19. The molecule has 0 saturated heterocycles. The Morgan fingerprint density at radius 3 is 2.50 bits per heavy atom. The van der Waals surface area contributed by atoms with Crippen LogP contribution in [0.1, 0.15) is 56.1 Å². The van der Waals surface area contributed by atoms with Gasteiger partial charge < -0.3 is 10.6 Å². The monoisotopic (exact) mass is 288 g/mol. The molecule has 2 aliphatic rings. The molecule has 0 bridgehead atoms. The highest BCUT2D eigenvalue weighted by Gasteiger charge is 2.14. The lowest BCUT2D eigenvalue weighted by Crippen LogP contribution is -2.37. The molecule has 0 radical (unpaired) electrons. The molecule has 1 saturated carbocycles. The van der Waals surface area contributed by atoms with Gasteiger partial charge in [-0.3, -0.25) is 0 Å². The van der Waals surface area contributed by atoms with E-state index in [-0.39, 0.29) is 0 Å². The normalized spacial score (nSPS) is 19.2. The van der Waals surface area contributed by atoms with E-state index in [2.05, 4.69) is 28.8 Å². The van der Waals surface area contributed by atoms with Crippen molar-refractivity contribution >= 4 is 23.0 Å². The van der Waals surface area contributed by atoms with Crippen LogP contribution in [0.25, 0.3) is 0 Å². The maximum Gasteiger partial charge on any atom is 0.170 e. The van der Waals surface area contributed by atoms with Crippen LogP contribution in [-0.2, 0) is 12.8 Å². The third-order valence-corrected chi connectivity index (χ3v) is 4.77. The van der Waals surface area contributed by atoms with Gasteiger partial charge in [0.1, 0.15) is 0 Å². The Morgan fingerprint density at radius 1 is 0.950 bits per heavy atom. The van der Waals surface area contributed by atoms with E-state index in [4.69, 9.17) is 12.2 Å². The summed E-state index contributed by atoms with van der Waals surface area (Å²) in [5, 5.41) is 7.64. The maximum atomic E-state index is 5.47. The van der Waals surface area contributed by atoms with Crippen LogP contribution in [0.4, 0.5) is 5.69 Å². The molecule has 2 nitrogen and oxygen atoms in total. The lowest BCUT2D eigenvalue weighted by molar-refractivity contribution is 0.535. The summed E-state index contributed by atoms with van der Waals surface area (Å²) >= 11 is 5.47. The second-order valence-corrected chi connectivity index (χ2v) is 6.53.